The summed E-state index contributed by atoms with van der Waals surface area (Å²) in [5.41, 5.74) is 1.89. The third-order valence-corrected chi connectivity index (χ3v) is 5.54. The van der Waals surface area contributed by atoms with Crippen molar-refractivity contribution in [3.05, 3.63) is 35.9 Å². The molecule has 0 saturated heterocycles. The van der Waals surface area contributed by atoms with Crippen molar-refractivity contribution < 1.29 is 4.79 Å². The molecule has 0 spiro atoms. The first-order chi connectivity index (χ1) is 10.3. The molecule has 4 rings (SSSR count). The van der Waals surface area contributed by atoms with Crippen LogP contribution in [-0.2, 0) is 0 Å². The van der Waals surface area contributed by atoms with Crippen molar-refractivity contribution in [1.29, 1.82) is 0 Å². The largest absolute Gasteiger partial charge is 0.274 e. The van der Waals surface area contributed by atoms with Crippen LogP contribution in [0, 0.1) is 17.8 Å². The number of nitrogens with zero attached hydrogens (tertiary/aromatic N) is 2. The Balaban J connectivity index is 1.67. The first kappa shape index (κ1) is 13.3. The van der Waals surface area contributed by atoms with Gasteiger partial charge in [0, 0.05) is 29.5 Å². The fourth-order valence-corrected chi connectivity index (χ4v) is 4.75. The lowest BCUT2D eigenvalue weighted by molar-refractivity contribution is 0.0629. The summed E-state index contributed by atoms with van der Waals surface area (Å²) in [6.07, 6.45) is 4.61. The summed E-state index contributed by atoms with van der Waals surface area (Å²) < 4.78 is 0. The molecule has 1 heterocycles. The second kappa shape index (κ2) is 5.13. The number of halogens is 1. The topological polar surface area (TPSA) is 32.7 Å². The van der Waals surface area contributed by atoms with Crippen LogP contribution < -0.4 is 0 Å². The molecule has 4 atom stereocenters. The second-order valence-electron chi connectivity index (χ2n) is 6.40. The standard InChI is InChI=1S/C17H19ClN2O/c18-9-8-14-15-12-6-7-13(10-12)16(15)20(19-14)17(21)11-4-2-1-3-5-11/h1-5,12-13,15-16H,6-10H2/t12-,13-,15-,16-/m0/s1. The monoisotopic (exact) mass is 302 g/mol. The van der Waals surface area contributed by atoms with E-state index in [4.69, 9.17) is 16.7 Å². The first-order valence-corrected chi connectivity index (χ1v) is 8.35. The van der Waals surface area contributed by atoms with Crippen molar-refractivity contribution in [2.24, 2.45) is 22.9 Å². The summed E-state index contributed by atoms with van der Waals surface area (Å²) in [7, 11) is 0. The number of hydrazone groups is 1. The Morgan fingerprint density at radius 1 is 1.24 bits per heavy atom. The van der Waals surface area contributed by atoms with Gasteiger partial charge in [0.15, 0.2) is 0 Å². The number of amides is 1. The maximum atomic E-state index is 12.8. The minimum absolute atomic E-state index is 0.0442. The van der Waals surface area contributed by atoms with Crippen LogP contribution in [0.25, 0.3) is 0 Å². The van der Waals surface area contributed by atoms with Gasteiger partial charge in [0.1, 0.15) is 0 Å². The zero-order chi connectivity index (χ0) is 14.4. The number of hydrogen-bond acceptors (Lipinski definition) is 2. The van der Waals surface area contributed by atoms with Crippen LogP contribution in [-0.4, -0.2) is 28.5 Å². The second-order valence-corrected chi connectivity index (χ2v) is 6.77. The minimum Gasteiger partial charge on any atom is -0.267 e. The molecule has 0 unspecified atom stereocenters. The molecule has 3 aliphatic rings. The van der Waals surface area contributed by atoms with Gasteiger partial charge in [-0.05, 0) is 43.2 Å². The average molecular weight is 303 g/mol. The van der Waals surface area contributed by atoms with E-state index in [1.807, 2.05) is 30.3 Å². The van der Waals surface area contributed by atoms with E-state index in [0.29, 0.717) is 17.7 Å². The average Bonchev–Trinajstić information content (AvgIpc) is 3.20. The molecule has 0 N–H and O–H groups in total. The third-order valence-electron chi connectivity index (χ3n) is 5.36. The smallest absolute Gasteiger partial charge is 0.267 e. The predicted octanol–water partition coefficient (Wildman–Crippen LogP) is 3.54. The van der Waals surface area contributed by atoms with E-state index in [0.717, 1.165) is 23.6 Å². The molecule has 2 saturated carbocycles. The predicted molar refractivity (Wildman–Crippen MR) is 83.5 cm³/mol. The Hall–Kier alpha value is -1.35. The van der Waals surface area contributed by atoms with Crippen molar-refractivity contribution >= 4 is 23.2 Å². The molecule has 21 heavy (non-hydrogen) atoms. The molecule has 110 valence electrons. The summed E-state index contributed by atoms with van der Waals surface area (Å²) in [6, 6.07) is 9.79. The number of carbonyl (C=O) groups is 1. The Morgan fingerprint density at radius 2 is 2.00 bits per heavy atom. The summed E-state index contributed by atoms with van der Waals surface area (Å²) in [5.74, 6) is 2.45. The Morgan fingerprint density at radius 3 is 2.76 bits per heavy atom. The summed E-state index contributed by atoms with van der Waals surface area (Å²) in [6.45, 7) is 0. The molecule has 1 aliphatic heterocycles. The van der Waals surface area contributed by atoms with Gasteiger partial charge in [-0.25, -0.2) is 5.01 Å². The molecular weight excluding hydrogens is 284 g/mol. The zero-order valence-corrected chi connectivity index (χ0v) is 12.7. The van der Waals surface area contributed by atoms with Crippen molar-refractivity contribution in [1.82, 2.24) is 5.01 Å². The highest BCUT2D eigenvalue weighted by Crippen LogP contribution is 2.54. The van der Waals surface area contributed by atoms with E-state index in [1.54, 1.807) is 5.01 Å². The van der Waals surface area contributed by atoms with Gasteiger partial charge >= 0.3 is 0 Å². The lowest BCUT2D eigenvalue weighted by atomic mass is 9.81. The maximum Gasteiger partial charge on any atom is 0.274 e. The van der Waals surface area contributed by atoms with Crippen molar-refractivity contribution in [3.63, 3.8) is 0 Å². The summed E-state index contributed by atoms with van der Waals surface area (Å²) in [5, 5.41) is 6.48. The lowest BCUT2D eigenvalue weighted by Crippen LogP contribution is -2.41. The lowest BCUT2D eigenvalue weighted by Gasteiger charge is -2.30. The minimum atomic E-state index is 0.0442. The van der Waals surface area contributed by atoms with Gasteiger partial charge in [-0.15, -0.1) is 11.6 Å². The van der Waals surface area contributed by atoms with Crippen LogP contribution in [0.4, 0.5) is 0 Å². The highest BCUT2D eigenvalue weighted by molar-refractivity contribution is 6.19. The molecule has 0 aromatic heterocycles. The molecule has 2 aliphatic carbocycles. The fraction of sp³-hybridized carbons (Fsp3) is 0.529. The number of fused-ring (bicyclic) bond motifs is 5. The van der Waals surface area contributed by atoms with Crippen LogP contribution in [0.3, 0.4) is 0 Å². The van der Waals surface area contributed by atoms with Gasteiger partial charge in [-0.2, -0.15) is 5.10 Å². The van der Waals surface area contributed by atoms with E-state index in [1.165, 1.54) is 19.3 Å². The van der Waals surface area contributed by atoms with Crippen LogP contribution in [0.5, 0.6) is 0 Å². The van der Waals surface area contributed by atoms with E-state index in [2.05, 4.69) is 0 Å². The number of alkyl halides is 1. The van der Waals surface area contributed by atoms with E-state index >= 15 is 0 Å². The van der Waals surface area contributed by atoms with Gasteiger partial charge < -0.3 is 0 Å². The maximum absolute atomic E-state index is 12.8. The fourth-order valence-electron chi connectivity index (χ4n) is 4.56. The van der Waals surface area contributed by atoms with E-state index < -0.39 is 0 Å². The van der Waals surface area contributed by atoms with Crippen molar-refractivity contribution in [2.75, 3.05) is 5.88 Å². The van der Waals surface area contributed by atoms with E-state index in [9.17, 15) is 4.79 Å². The number of carbonyl (C=O) groups excluding carboxylic acids is 1. The highest BCUT2D eigenvalue weighted by Gasteiger charge is 2.56. The van der Waals surface area contributed by atoms with Gasteiger partial charge in [0.05, 0.1) is 6.04 Å². The number of hydrogen-bond donors (Lipinski definition) is 0. The van der Waals surface area contributed by atoms with Gasteiger partial charge in [-0.3, -0.25) is 4.79 Å². The quantitative estimate of drug-likeness (QED) is 0.786. The molecule has 1 amide bonds. The Kier molecular flexibility index (Phi) is 3.26. The van der Waals surface area contributed by atoms with Gasteiger partial charge in [-0.1, -0.05) is 18.2 Å². The molecule has 2 bridgehead atoms. The first-order valence-electron chi connectivity index (χ1n) is 7.81. The Labute approximate surface area is 130 Å². The summed E-state index contributed by atoms with van der Waals surface area (Å²) >= 11 is 5.93. The van der Waals surface area contributed by atoms with Crippen molar-refractivity contribution in [2.45, 2.75) is 31.7 Å². The molecule has 1 aromatic carbocycles. The third kappa shape index (κ3) is 2.02. The normalized spacial score (nSPS) is 33.2. The van der Waals surface area contributed by atoms with Gasteiger partial charge in [0.25, 0.3) is 5.91 Å². The molecule has 4 heteroatoms. The van der Waals surface area contributed by atoms with Gasteiger partial charge in [0.2, 0.25) is 0 Å². The highest BCUT2D eigenvalue weighted by atomic mass is 35.5. The SMILES string of the molecule is O=C(c1ccccc1)N1N=C(CCCl)[C@@H]2[C@H]3CC[C@@H](C3)[C@@H]21. The molecule has 3 nitrogen and oxygen atoms in total. The molecule has 0 radical (unpaired) electrons. The van der Waals surface area contributed by atoms with Crippen LogP contribution in [0.1, 0.15) is 36.0 Å². The zero-order valence-electron chi connectivity index (χ0n) is 11.9. The number of benzene rings is 1. The molecular formula is C17H19ClN2O. The Bertz CT molecular complexity index is 586. The van der Waals surface area contributed by atoms with Crippen molar-refractivity contribution in [3.8, 4) is 0 Å². The molecule has 2 fully saturated rings. The van der Waals surface area contributed by atoms with Crippen LogP contribution in [0.2, 0.25) is 0 Å². The summed E-state index contributed by atoms with van der Waals surface area (Å²) in [4.78, 5) is 12.8. The van der Waals surface area contributed by atoms with Crippen LogP contribution >= 0.6 is 11.6 Å². The van der Waals surface area contributed by atoms with E-state index in [-0.39, 0.29) is 11.9 Å². The van der Waals surface area contributed by atoms with Crippen LogP contribution in [0.15, 0.2) is 35.4 Å². The number of rotatable bonds is 3. The molecule has 1 aromatic rings.